The smallest absolute Gasteiger partial charge is 0.290 e. The summed E-state index contributed by atoms with van der Waals surface area (Å²) in [5.74, 6) is -0.184. The number of imide groups is 1. The fourth-order valence-corrected chi connectivity index (χ4v) is 3.40. The summed E-state index contributed by atoms with van der Waals surface area (Å²) < 4.78 is 10.6. The molecule has 4 rings (SSSR count). The Labute approximate surface area is 156 Å². The lowest BCUT2D eigenvalue weighted by molar-refractivity contribution is -0.122. The van der Waals surface area contributed by atoms with Crippen LogP contribution in [0.3, 0.4) is 0 Å². The zero-order valence-electron chi connectivity index (χ0n) is 15.0. The van der Waals surface area contributed by atoms with Gasteiger partial charge in [-0.25, -0.2) is 4.90 Å². The third-order valence-corrected chi connectivity index (χ3v) is 4.77. The van der Waals surface area contributed by atoms with Gasteiger partial charge in [0.2, 0.25) is 5.91 Å². The summed E-state index contributed by atoms with van der Waals surface area (Å²) in [5.41, 5.74) is 0.483. The van der Waals surface area contributed by atoms with Crippen molar-refractivity contribution in [3.8, 4) is 5.75 Å². The van der Waals surface area contributed by atoms with Crippen LogP contribution in [0.5, 0.6) is 5.75 Å². The summed E-state index contributed by atoms with van der Waals surface area (Å²) in [4.78, 5) is 41.1. The number of carbonyl (C=O) groups is 3. The van der Waals surface area contributed by atoms with Gasteiger partial charge in [-0.1, -0.05) is 0 Å². The highest BCUT2D eigenvalue weighted by Crippen LogP contribution is 2.35. The first kappa shape index (κ1) is 17.3. The second-order valence-corrected chi connectivity index (χ2v) is 6.64. The van der Waals surface area contributed by atoms with Crippen molar-refractivity contribution >= 4 is 23.4 Å². The number of hydrogen-bond acceptors (Lipinski definition) is 5. The molecular weight excluding hydrogens is 348 g/mol. The summed E-state index contributed by atoms with van der Waals surface area (Å²) in [6.45, 7) is 2.42. The van der Waals surface area contributed by atoms with E-state index in [1.807, 2.05) is 6.92 Å². The highest BCUT2D eigenvalue weighted by Gasteiger charge is 2.49. The Bertz CT molecular complexity index is 855. The molecule has 1 saturated heterocycles. The molecule has 1 aliphatic heterocycles. The Hall–Kier alpha value is -3.09. The van der Waals surface area contributed by atoms with Crippen LogP contribution in [0, 0.1) is 0 Å². The third-order valence-electron chi connectivity index (χ3n) is 4.77. The number of amides is 3. The fourth-order valence-electron chi connectivity index (χ4n) is 3.40. The molecular formula is C20H20N2O5. The van der Waals surface area contributed by atoms with Gasteiger partial charge in [0.1, 0.15) is 11.8 Å². The van der Waals surface area contributed by atoms with Gasteiger partial charge in [0.15, 0.2) is 5.76 Å². The number of rotatable bonds is 6. The minimum Gasteiger partial charge on any atom is -0.494 e. The first-order chi connectivity index (χ1) is 13.1. The molecule has 2 aromatic rings. The summed E-state index contributed by atoms with van der Waals surface area (Å²) in [6.07, 6.45) is 3.06. The van der Waals surface area contributed by atoms with Crippen LogP contribution in [-0.2, 0) is 9.59 Å². The first-order valence-corrected chi connectivity index (χ1v) is 9.06. The Morgan fingerprint density at radius 3 is 2.56 bits per heavy atom. The largest absolute Gasteiger partial charge is 0.494 e. The van der Waals surface area contributed by atoms with Crippen molar-refractivity contribution in [2.45, 2.75) is 38.3 Å². The number of hydrogen-bond donors (Lipinski definition) is 0. The standard InChI is InChI=1S/C20H20N2O5/c1-2-26-15-9-7-14(8-10-15)22-18(23)12-16(19(22)24)21(13-5-6-13)20(25)17-4-3-11-27-17/h3-4,7-11,13,16H,2,5-6,12H2,1H3. The predicted octanol–water partition coefficient (Wildman–Crippen LogP) is 2.62. The van der Waals surface area contributed by atoms with Gasteiger partial charge in [0.25, 0.3) is 11.8 Å². The Morgan fingerprint density at radius 2 is 1.96 bits per heavy atom. The number of ether oxygens (including phenoxy) is 1. The molecule has 0 N–H and O–H groups in total. The van der Waals surface area contributed by atoms with E-state index in [0.717, 1.165) is 17.7 Å². The Morgan fingerprint density at radius 1 is 1.22 bits per heavy atom. The van der Waals surface area contributed by atoms with Crippen molar-refractivity contribution in [1.82, 2.24) is 4.90 Å². The quantitative estimate of drug-likeness (QED) is 0.732. The Kier molecular flexibility index (Phi) is 4.43. The van der Waals surface area contributed by atoms with Gasteiger partial charge >= 0.3 is 0 Å². The van der Waals surface area contributed by atoms with E-state index in [-0.39, 0.29) is 35.9 Å². The van der Waals surface area contributed by atoms with E-state index in [1.165, 1.54) is 11.2 Å². The second kappa shape index (κ2) is 6.90. The molecule has 1 aromatic heterocycles. The van der Waals surface area contributed by atoms with Crippen LogP contribution in [0.4, 0.5) is 5.69 Å². The zero-order chi connectivity index (χ0) is 19.0. The van der Waals surface area contributed by atoms with Crippen LogP contribution in [0.25, 0.3) is 0 Å². The number of carbonyl (C=O) groups excluding carboxylic acids is 3. The van der Waals surface area contributed by atoms with E-state index >= 15 is 0 Å². The molecule has 2 heterocycles. The van der Waals surface area contributed by atoms with Crippen LogP contribution in [0.2, 0.25) is 0 Å². The molecule has 2 fully saturated rings. The van der Waals surface area contributed by atoms with Crippen molar-refractivity contribution in [3.63, 3.8) is 0 Å². The molecule has 1 atom stereocenters. The molecule has 0 radical (unpaired) electrons. The monoisotopic (exact) mass is 368 g/mol. The van der Waals surface area contributed by atoms with Gasteiger partial charge in [0, 0.05) is 6.04 Å². The van der Waals surface area contributed by atoms with Gasteiger partial charge in [0.05, 0.1) is 25.0 Å². The average molecular weight is 368 g/mol. The molecule has 27 heavy (non-hydrogen) atoms. The average Bonchev–Trinajstić information content (AvgIpc) is 3.24. The maximum atomic E-state index is 13.0. The van der Waals surface area contributed by atoms with Gasteiger partial charge in [-0.05, 0) is 56.2 Å². The van der Waals surface area contributed by atoms with Crippen LogP contribution in [-0.4, -0.2) is 41.3 Å². The SMILES string of the molecule is CCOc1ccc(N2C(=O)CC(N(C(=O)c3ccco3)C3CC3)C2=O)cc1. The van der Waals surface area contributed by atoms with Crippen molar-refractivity contribution in [2.75, 3.05) is 11.5 Å². The van der Waals surface area contributed by atoms with Crippen molar-refractivity contribution in [2.24, 2.45) is 0 Å². The van der Waals surface area contributed by atoms with E-state index in [4.69, 9.17) is 9.15 Å². The number of benzene rings is 1. The number of nitrogens with zero attached hydrogens (tertiary/aromatic N) is 2. The topological polar surface area (TPSA) is 80.1 Å². The van der Waals surface area contributed by atoms with E-state index < -0.39 is 6.04 Å². The molecule has 1 unspecified atom stereocenters. The molecule has 1 aliphatic carbocycles. The first-order valence-electron chi connectivity index (χ1n) is 9.06. The fraction of sp³-hybridized carbons (Fsp3) is 0.350. The van der Waals surface area contributed by atoms with Crippen LogP contribution in [0.15, 0.2) is 47.1 Å². The van der Waals surface area contributed by atoms with E-state index in [2.05, 4.69) is 0 Å². The van der Waals surface area contributed by atoms with Gasteiger partial charge < -0.3 is 14.1 Å². The van der Waals surface area contributed by atoms with E-state index in [1.54, 1.807) is 36.4 Å². The summed E-state index contributed by atoms with van der Waals surface area (Å²) in [6, 6.07) is 9.19. The zero-order valence-corrected chi connectivity index (χ0v) is 15.0. The van der Waals surface area contributed by atoms with Crippen LogP contribution < -0.4 is 9.64 Å². The van der Waals surface area contributed by atoms with E-state index in [9.17, 15) is 14.4 Å². The predicted molar refractivity (Wildman–Crippen MR) is 96.4 cm³/mol. The van der Waals surface area contributed by atoms with Crippen molar-refractivity contribution in [1.29, 1.82) is 0 Å². The minimum absolute atomic E-state index is 0.0189. The lowest BCUT2D eigenvalue weighted by atomic mass is 10.2. The summed E-state index contributed by atoms with van der Waals surface area (Å²) in [7, 11) is 0. The minimum atomic E-state index is -0.797. The van der Waals surface area contributed by atoms with Crippen LogP contribution >= 0.6 is 0 Å². The maximum Gasteiger partial charge on any atom is 0.290 e. The molecule has 1 saturated carbocycles. The van der Waals surface area contributed by atoms with Gasteiger partial charge in [-0.3, -0.25) is 14.4 Å². The molecule has 1 aromatic carbocycles. The lowest BCUT2D eigenvalue weighted by Crippen LogP contribution is -2.46. The molecule has 0 spiro atoms. The molecule has 140 valence electrons. The second-order valence-electron chi connectivity index (χ2n) is 6.64. The highest BCUT2D eigenvalue weighted by molar-refractivity contribution is 6.23. The molecule has 3 amide bonds. The summed E-state index contributed by atoms with van der Waals surface area (Å²) >= 11 is 0. The maximum absolute atomic E-state index is 13.0. The van der Waals surface area contributed by atoms with Crippen LogP contribution in [0.1, 0.15) is 36.7 Å². The number of anilines is 1. The lowest BCUT2D eigenvalue weighted by Gasteiger charge is -2.26. The molecule has 7 heteroatoms. The van der Waals surface area contributed by atoms with Crippen molar-refractivity contribution in [3.05, 3.63) is 48.4 Å². The molecule has 7 nitrogen and oxygen atoms in total. The highest BCUT2D eigenvalue weighted by atomic mass is 16.5. The Balaban J connectivity index is 1.58. The normalized spacial score (nSPS) is 19.4. The van der Waals surface area contributed by atoms with Gasteiger partial charge in [-0.2, -0.15) is 0 Å². The third kappa shape index (κ3) is 3.20. The summed E-state index contributed by atoms with van der Waals surface area (Å²) in [5, 5.41) is 0. The molecule has 0 bridgehead atoms. The number of furan rings is 1. The van der Waals surface area contributed by atoms with Gasteiger partial charge in [-0.15, -0.1) is 0 Å². The van der Waals surface area contributed by atoms with Crippen molar-refractivity contribution < 1.29 is 23.5 Å². The van der Waals surface area contributed by atoms with E-state index in [0.29, 0.717) is 18.0 Å². The molecule has 2 aliphatic rings.